The molecule has 0 aromatic heterocycles. The van der Waals surface area contributed by atoms with Gasteiger partial charge in [-0.3, -0.25) is 4.79 Å². The molecule has 2 saturated carbocycles. The number of hydrogen-bond donors (Lipinski definition) is 1. The number of amides is 1. The maximum Gasteiger partial charge on any atom is 0.223 e. The summed E-state index contributed by atoms with van der Waals surface area (Å²) in [5, 5.41) is 3.11. The van der Waals surface area contributed by atoms with Crippen molar-refractivity contribution in [1.29, 1.82) is 0 Å². The molecule has 1 aromatic rings. The van der Waals surface area contributed by atoms with Crippen molar-refractivity contribution in [3.8, 4) is 0 Å². The third kappa shape index (κ3) is 2.29. The van der Waals surface area contributed by atoms with Gasteiger partial charge < -0.3 is 5.32 Å². The van der Waals surface area contributed by atoms with Crippen LogP contribution < -0.4 is 5.32 Å². The van der Waals surface area contributed by atoms with Gasteiger partial charge in [0.25, 0.3) is 0 Å². The summed E-state index contributed by atoms with van der Waals surface area (Å²) in [5.41, 5.74) is 2.45. The summed E-state index contributed by atoms with van der Waals surface area (Å²) in [6, 6.07) is 8.38. The van der Waals surface area contributed by atoms with Crippen LogP contribution >= 0.6 is 0 Å². The Hall–Kier alpha value is -1.31. The minimum Gasteiger partial charge on any atom is -0.352 e. The minimum absolute atomic E-state index is 0.280. The molecular formula is C16H21NO. The summed E-state index contributed by atoms with van der Waals surface area (Å²) >= 11 is 0. The zero-order valence-electron chi connectivity index (χ0n) is 11.0. The number of benzene rings is 1. The van der Waals surface area contributed by atoms with E-state index in [-0.39, 0.29) is 5.91 Å². The van der Waals surface area contributed by atoms with Crippen molar-refractivity contribution in [3.63, 3.8) is 0 Å². The summed E-state index contributed by atoms with van der Waals surface area (Å²) in [7, 11) is 0. The number of rotatable bonds is 3. The lowest BCUT2D eigenvalue weighted by atomic mass is 9.88. The van der Waals surface area contributed by atoms with Crippen LogP contribution in [0.25, 0.3) is 0 Å². The summed E-state index contributed by atoms with van der Waals surface area (Å²) in [6.45, 7) is 2.75. The zero-order chi connectivity index (χ0) is 12.5. The van der Waals surface area contributed by atoms with Crippen molar-refractivity contribution in [1.82, 2.24) is 5.32 Å². The molecule has 1 amide bonds. The van der Waals surface area contributed by atoms with Gasteiger partial charge in [0.15, 0.2) is 0 Å². The molecule has 2 bridgehead atoms. The second-order valence-electron chi connectivity index (χ2n) is 5.98. The molecule has 96 valence electrons. The molecule has 1 N–H and O–H groups in total. The van der Waals surface area contributed by atoms with Gasteiger partial charge in [-0.15, -0.1) is 0 Å². The van der Waals surface area contributed by atoms with E-state index in [9.17, 15) is 4.79 Å². The Labute approximate surface area is 109 Å². The topological polar surface area (TPSA) is 29.1 Å². The van der Waals surface area contributed by atoms with E-state index in [1.165, 1.54) is 30.4 Å². The highest BCUT2D eigenvalue weighted by molar-refractivity contribution is 5.79. The summed E-state index contributed by atoms with van der Waals surface area (Å²) in [5.74, 6) is 2.09. The van der Waals surface area contributed by atoms with Gasteiger partial charge in [0.2, 0.25) is 5.91 Å². The summed E-state index contributed by atoms with van der Waals surface area (Å²) in [6.07, 6.45) is 5.05. The van der Waals surface area contributed by atoms with Crippen molar-refractivity contribution in [2.45, 2.75) is 39.2 Å². The standard InChI is InChI=1S/C16H21NO/c1-11-2-4-12(5-3-11)10-17-16(18)15-9-13-6-7-14(15)8-13/h2-5,13-15H,6-10H2,1H3,(H,17,18). The number of nitrogens with one attached hydrogen (secondary N) is 1. The van der Waals surface area contributed by atoms with E-state index < -0.39 is 0 Å². The molecule has 2 aliphatic carbocycles. The molecule has 3 atom stereocenters. The van der Waals surface area contributed by atoms with Crippen molar-refractivity contribution >= 4 is 5.91 Å². The monoisotopic (exact) mass is 243 g/mol. The first-order valence-electron chi connectivity index (χ1n) is 7.05. The van der Waals surface area contributed by atoms with Gasteiger partial charge in [0.05, 0.1) is 0 Å². The van der Waals surface area contributed by atoms with Crippen LogP contribution in [0.3, 0.4) is 0 Å². The molecular weight excluding hydrogens is 222 g/mol. The van der Waals surface area contributed by atoms with E-state index in [2.05, 4.69) is 36.5 Å². The highest BCUT2D eigenvalue weighted by Gasteiger charge is 2.42. The second-order valence-corrected chi connectivity index (χ2v) is 5.98. The Bertz CT molecular complexity index is 437. The predicted octanol–water partition coefficient (Wildman–Crippen LogP) is 3.05. The average Bonchev–Trinajstić information content (AvgIpc) is 3.00. The van der Waals surface area contributed by atoms with E-state index in [4.69, 9.17) is 0 Å². The fourth-order valence-corrected chi connectivity index (χ4v) is 3.59. The van der Waals surface area contributed by atoms with Crippen LogP contribution in [0.15, 0.2) is 24.3 Å². The number of hydrogen-bond acceptors (Lipinski definition) is 1. The molecule has 0 spiro atoms. The van der Waals surface area contributed by atoms with Crippen LogP contribution in [0.4, 0.5) is 0 Å². The van der Waals surface area contributed by atoms with Crippen LogP contribution in [0.1, 0.15) is 36.8 Å². The van der Waals surface area contributed by atoms with E-state index in [0.29, 0.717) is 18.4 Å². The largest absolute Gasteiger partial charge is 0.352 e. The summed E-state index contributed by atoms with van der Waals surface area (Å²) < 4.78 is 0. The fourth-order valence-electron chi connectivity index (χ4n) is 3.59. The number of aryl methyl sites for hydroxylation is 1. The van der Waals surface area contributed by atoms with E-state index in [0.717, 1.165) is 12.3 Å². The van der Waals surface area contributed by atoms with Crippen LogP contribution in [0.5, 0.6) is 0 Å². The minimum atomic E-state index is 0.280. The van der Waals surface area contributed by atoms with Crippen molar-refractivity contribution in [2.75, 3.05) is 0 Å². The molecule has 2 aliphatic rings. The molecule has 2 nitrogen and oxygen atoms in total. The van der Waals surface area contributed by atoms with E-state index in [1.54, 1.807) is 0 Å². The smallest absolute Gasteiger partial charge is 0.223 e. The lowest BCUT2D eigenvalue weighted by Crippen LogP contribution is -2.33. The normalized spacial score (nSPS) is 29.5. The maximum absolute atomic E-state index is 12.2. The Kier molecular flexibility index (Phi) is 3.11. The molecule has 0 aliphatic heterocycles. The average molecular weight is 243 g/mol. The van der Waals surface area contributed by atoms with Crippen molar-refractivity contribution in [3.05, 3.63) is 35.4 Å². The van der Waals surface area contributed by atoms with Crippen LogP contribution in [0, 0.1) is 24.7 Å². The van der Waals surface area contributed by atoms with E-state index in [1.807, 2.05) is 0 Å². The first kappa shape index (κ1) is 11.8. The number of fused-ring (bicyclic) bond motifs is 2. The number of carbonyl (C=O) groups is 1. The third-order valence-corrected chi connectivity index (χ3v) is 4.66. The zero-order valence-corrected chi connectivity index (χ0v) is 11.0. The molecule has 1 aromatic carbocycles. The first-order valence-corrected chi connectivity index (χ1v) is 7.05. The molecule has 0 radical (unpaired) electrons. The second kappa shape index (κ2) is 4.75. The quantitative estimate of drug-likeness (QED) is 0.868. The van der Waals surface area contributed by atoms with Gasteiger partial charge in [-0.05, 0) is 43.6 Å². The Morgan fingerprint density at radius 3 is 2.61 bits per heavy atom. The molecule has 3 unspecified atom stereocenters. The van der Waals surface area contributed by atoms with Crippen LogP contribution in [0.2, 0.25) is 0 Å². The lowest BCUT2D eigenvalue weighted by molar-refractivity contribution is -0.126. The third-order valence-electron chi connectivity index (χ3n) is 4.66. The highest BCUT2D eigenvalue weighted by Crippen LogP contribution is 2.48. The Balaban J connectivity index is 1.54. The van der Waals surface area contributed by atoms with E-state index >= 15 is 0 Å². The van der Waals surface area contributed by atoms with Gasteiger partial charge >= 0.3 is 0 Å². The molecule has 3 rings (SSSR count). The molecule has 0 heterocycles. The van der Waals surface area contributed by atoms with Gasteiger partial charge in [-0.1, -0.05) is 36.2 Å². The maximum atomic E-state index is 12.2. The Morgan fingerprint density at radius 1 is 1.22 bits per heavy atom. The van der Waals surface area contributed by atoms with Gasteiger partial charge in [0, 0.05) is 12.5 Å². The van der Waals surface area contributed by atoms with Crippen molar-refractivity contribution in [2.24, 2.45) is 17.8 Å². The van der Waals surface area contributed by atoms with Crippen LogP contribution in [-0.2, 0) is 11.3 Å². The number of carbonyl (C=O) groups excluding carboxylic acids is 1. The van der Waals surface area contributed by atoms with Gasteiger partial charge in [0.1, 0.15) is 0 Å². The Morgan fingerprint density at radius 2 is 2.00 bits per heavy atom. The lowest BCUT2D eigenvalue weighted by Gasteiger charge is -2.20. The molecule has 0 saturated heterocycles. The van der Waals surface area contributed by atoms with Gasteiger partial charge in [-0.25, -0.2) is 0 Å². The molecule has 2 fully saturated rings. The highest BCUT2D eigenvalue weighted by atomic mass is 16.1. The fraction of sp³-hybridized carbons (Fsp3) is 0.562. The predicted molar refractivity (Wildman–Crippen MR) is 72.0 cm³/mol. The van der Waals surface area contributed by atoms with Gasteiger partial charge in [-0.2, -0.15) is 0 Å². The van der Waals surface area contributed by atoms with Crippen molar-refractivity contribution < 1.29 is 4.79 Å². The SMILES string of the molecule is Cc1ccc(CNC(=O)C2CC3CCC2C3)cc1. The first-order chi connectivity index (χ1) is 8.72. The van der Waals surface area contributed by atoms with Crippen LogP contribution in [-0.4, -0.2) is 5.91 Å². The molecule has 18 heavy (non-hydrogen) atoms. The molecule has 2 heteroatoms. The summed E-state index contributed by atoms with van der Waals surface area (Å²) in [4.78, 5) is 12.2.